The van der Waals surface area contributed by atoms with Crippen LogP contribution in [0.15, 0.2) is 54.4 Å². The topological polar surface area (TPSA) is 12.9 Å². The Morgan fingerprint density at radius 1 is 1.06 bits per heavy atom. The number of para-hydroxylation sites is 2. The number of nitrogens with zero attached hydrogens (tertiary/aromatic N) is 3. The van der Waals surface area contributed by atoms with Gasteiger partial charge in [-0.05, 0) is 29.8 Å². The van der Waals surface area contributed by atoms with Crippen molar-refractivity contribution in [1.29, 1.82) is 0 Å². The average Bonchev–Trinajstić information content (AvgIpc) is 3.33. The second kappa shape index (κ2) is 10.1. The number of imidazole rings is 1. The van der Waals surface area contributed by atoms with Gasteiger partial charge in [0.05, 0.1) is 19.4 Å². The number of aryl methyl sites for hydroxylation is 2. The van der Waals surface area contributed by atoms with Crippen molar-refractivity contribution in [3.05, 3.63) is 94.5 Å². The van der Waals surface area contributed by atoms with Gasteiger partial charge in [0.25, 0.3) is 0 Å². The number of benzene rings is 2. The Labute approximate surface area is 231 Å². The van der Waals surface area contributed by atoms with Crippen molar-refractivity contribution >= 4 is 11.3 Å². The third-order valence-corrected chi connectivity index (χ3v) is 5.98. The van der Waals surface area contributed by atoms with E-state index in [1.54, 1.807) is 6.92 Å². The summed E-state index contributed by atoms with van der Waals surface area (Å²) in [6.45, 7) is 8.66. The van der Waals surface area contributed by atoms with Crippen molar-refractivity contribution in [2.45, 2.75) is 60.2 Å². The normalized spacial score (nSPS) is 18.3. The third kappa shape index (κ3) is 4.43. The van der Waals surface area contributed by atoms with E-state index in [0.29, 0.717) is 11.2 Å². The van der Waals surface area contributed by atoms with Gasteiger partial charge in [0, 0.05) is 45.3 Å². The molecule has 1 aliphatic rings. The molecule has 33 heavy (non-hydrogen) atoms. The van der Waals surface area contributed by atoms with Crippen LogP contribution in [0.1, 0.15) is 82.4 Å². The second-order valence-electron chi connectivity index (χ2n) is 8.70. The standard InChI is InChI=1S/C29H34N3.Y/c1-9-21(6)26-18-32(27-22(7)12-10-15-25(26)27)29-30(8)16-17-31(29)28-23(19(2)3)13-11-14-24(28)20(4)5;/h10-17,19-20H,1-8H3;/q-1;/i6D3,19D,20D;. The van der Waals surface area contributed by atoms with Crippen LogP contribution in [0.2, 0.25) is 0 Å². The van der Waals surface area contributed by atoms with Gasteiger partial charge in [-0.15, -0.1) is 19.8 Å². The predicted octanol–water partition coefficient (Wildman–Crippen LogP) is 6.40. The smallest absolute Gasteiger partial charge is 0.307 e. The maximum atomic E-state index is 8.90. The van der Waals surface area contributed by atoms with Crippen LogP contribution < -0.4 is 10.2 Å². The molecule has 0 saturated heterocycles. The van der Waals surface area contributed by atoms with Crippen molar-refractivity contribution in [2.24, 2.45) is 7.05 Å². The second-order valence-corrected chi connectivity index (χ2v) is 8.70. The largest absolute Gasteiger partial charge is 0.322 e. The Bertz CT molecular complexity index is 1470. The summed E-state index contributed by atoms with van der Waals surface area (Å²) in [6.07, 6.45) is 10.1. The summed E-state index contributed by atoms with van der Waals surface area (Å²) in [5.41, 5.74) is 6.30. The van der Waals surface area contributed by atoms with E-state index in [-0.39, 0.29) is 38.3 Å². The molecule has 2 aromatic carbocycles. The van der Waals surface area contributed by atoms with Crippen molar-refractivity contribution in [3.63, 3.8) is 0 Å². The molecule has 4 rings (SSSR count). The molecule has 0 N–H and O–H groups in total. The van der Waals surface area contributed by atoms with E-state index in [4.69, 9.17) is 6.85 Å². The molecule has 0 spiro atoms. The van der Waals surface area contributed by atoms with E-state index in [2.05, 4.69) is 12.3 Å². The van der Waals surface area contributed by atoms with Gasteiger partial charge in [-0.3, -0.25) is 10.1 Å². The quantitative estimate of drug-likeness (QED) is 0.280. The summed E-state index contributed by atoms with van der Waals surface area (Å²) in [6, 6.07) is 11.6. The number of rotatable bonds is 4. The number of allylic oxidation sites excluding steroid dienone is 3. The molecule has 0 saturated carbocycles. The molecule has 0 bridgehead atoms. The molecule has 0 atom stereocenters. The minimum absolute atomic E-state index is 0. The SMILES string of the molecule is [2H]C([2H])([2H])C(=[C-]C)C1=[C-][N+](=c2n(C)ccn2-c2c(C([2H])(C)C)cccc2C([2H])(C)C)c2c(C)cccc21.[Y]. The molecule has 3 nitrogen and oxygen atoms in total. The maximum Gasteiger partial charge on any atom is 0.307 e. The molecule has 0 fully saturated rings. The van der Waals surface area contributed by atoms with Gasteiger partial charge in [-0.2, -0.15) is 5.56 Å². The Morgan fingerprint density at radius 3 is 2.27 bits per heavy atom. The van der Waals surface area contributed by atoms with Crippen LogP contribution in [0.4, 0.5) is 5.69 Å². The van der Waals surface area contributed by atoms with Crippen molar-refractivity contribution in [1.82, 2.24) is 13.7 Å². The number of hydrogen-bond donors (Lipinski definition) is 0. The predicted molar refractivity (Wildman–Crippen MR) is 134 cm³/mol. The molecule has 3 aromatic rings. The summed E-state index contributed by atoms with van der Waals surface area (Å²) in [5.74, 6) is -1.84. The van der Waals surface area contributed by atoms with Gasteiger partial charge in [0.15, 0.2) is 0 Å². The van der Waals surface area contributed by atoms with Gasteiger partial charge < -0.3 is 10.7 Å². The van der Waals surface area contributed by atoms with Gasteiger partial charge in [-0.25, -0.2) is 10.1 Å². The molecule has 2 heterocycles. The van der Waals surface area contributed by atoms with Crippen LogP contribution in [0.3, 0.4) is 0 Å². The van der Waals surface area contributed by atoms with Crippen LogP contribution in [0, 0.1) is 19.2 Å². The molecule has 1 aromatic heterocycles. The van der Waals surface area contributed by atoms with Crippen LogP contribution in [0.25, 0.3) is 11.3 Å². The first-order valence-electron chi connectivity index (χ1n) is 13.4. The maximum absolute atomic E-state index is 8.90. The summed E-state index contributed by atoms with van der Waals surface area (Å²) in [7, 11) is 1.93. The van der Waals surface area contributed by atoms with Crippen LogP contribution in [0.5, 0.6) is 0 Å². The molecule has 169 valence electrons. The van der Waals surface area contributed by atoms with E-state index < -0.39 is 18.6 Å². The number of aromatic nitrogens is 2. The zero-order valence-electron chi connectivity index (χ0n) is 25.5. The fourth-order valence-electron chi connectivity index (χ4n) is 4.37. The van der Waals surface area contributed by atoms with Crippen molar-refractivity contribution in [2.75, 3.05) is 0 Å². The fraction of sp³-hybridized carbons (Fsp3) is 0.345. The Morgan fingerprint density at radius 2 is 1.70 bits per heavy atom. The minimum Gasteiger partial charge on any atom is -0.322 e. The van der Waals surface area contributed by atoms with Crippen molar-refractivity contribution in [3.8, 4) is 5.69 Å². The van der Waals surface area contributed by atoms with Gasteiger partial charge in [0.1, 0.15) is 5.69 Å². The summed E-state index contributed by atoms with van der Waals surface area (Å²) < 4.78 is 48.0. The molecule has 0 amide bonds. The van der Waals surface area contributed by atoms with Crippen LogP contribution >= 0.6 is 0 Å². The van der Waals surface area contributed by atoms with E-state index in [0.717, 1.165) is 33.6 Å². The van der Waals surface area contributed by atoms with E-state index >= 15 is 0 Å². The van der Waals surface area contributed by atoms with E-state index in [1.165, 1.54) is 0 Å². The number of hydrogen-bond acceptors (Lipinski definition) is 0. The van der Waals surface area contributed by atoms with Gasteiger partial charge in [-0.1, -0.05) is 69.8 Å². The Hall–Kier alpha value is -1.97. The molecule has 4 heteroatoms. The first-order chi connectivity index (χ1) is 17.1. The van der Waals surface area contributed by atoms with Gasteiger partial charge in [0.2, 0.25) is 0 Å². The number of fused-ring (bicyclic) bond motifs is 1. The summed E-state index contributed by atoms with van der Waals surface area (Å²) in [4.78, 5) is 0. The van der Waals surface area contributed by atoms with E-state index in [9.17, 15) is 0 Å². The Balaban J connectivity index is 0.00000400. The van der Waals surface area contributed by atoms with Gasteiger partial charge >= 0.3 is 5.62 Å². The zero-order valence-corrected chi connectivity index (χ0v) is 23.4. The summed E-state index contributed by atoms with van der Waals surface area (Å²) >= 11 is 0. The average molecular weight is 519 g/mol. The first kappa shape index (κ1) is 19.4. The zero-order chi connectivity index (χ0) is 27.5. The fourth-order valence-corrected chi connectivity index (χ4v) is 4.37. The minimum atomic E-state index is -2.34. The monoisotopic (exact) mass is 518 g/mol. The molecular weight excluding hydrogens is 479 g/mol. The summed E-state index contributed by atoms with van der Waals surface area (Å²) in [5, 5.41) is 0. The molecule has 0 aliphatic carbocycles. The van der Waals surface area contributed by atoms with Crippen molar-refractivity contribution < 1.29 is 39.6 Å². The van der Waals surface area contributed by atoms with Crippen LogP contribution in [-0.2, 0) is 39.8 Å². The third-order valence-electron chi connectivity index (χ3n) is 5.98. The van der Waals surface area contributed by atoms with Crippen LogP contribution in [-0.4, -0.2) is 9.13 Å². The molecule has 0 unspecified atom stereocenters. The molecule has 1 aliphatic heterocycles. The Kier molecular flexibility index (Phi) is 5.93. The molecular formula is C29H34N3Y-. The first-order valence-corrected chi connectivity index (χ1v) is 10.9. The van der Waals surface area contributed by atoms with E-state index in [1.807, 2.05) is 104 Å². The molecule has 1 radical (unpaired) electrons.